The number of anilines is 1. The summed E-state index contributed by atoms with van der Waals surface area (Å²) in [7, 11) is 4.33. The zero-order valence-corrected chi connectivity index (χ0v) is 27.6. The van der Waals surface area contributed by atoms with Crippen LogP contribution in [0.2, 0.25) is 5.02 Å². The number of ketones is 2. The van der Waals surface area contributed by atoms with Crippen LogP contribution in [0.5, 0.6) is 23.0 Å². The van der Waals surface area contributed by atoms with E-state index in [0.29, 0.717) is 22.2 Å². The van der Waals surface area contributed by atoms with Gasteiger partial charge in [-0.25, -0.2) is 4.98 Å². The average Bonchev–Trinajstić information content (AvgIpc) is 3.73. The number of methoxy groups -OCH3 is 3. The second kappa shape index (κ2) is 12.4. The molecular formula is C33H30ClN3O9S. The lowest BCUT2D eigenvalue weighted by atomic mass is 9.70. The van der Waals surface area contributed by atoms with E-state index in [2.05, 4.69) is 15.6 Å². The number of amides is 2. The number of rotatable bonds is 9. The number of fused-ring (bicyclic) bond motifs is 2. The van der Waals surface area contributed by atoms with E-state index in [4.69, 9.17) is 35.0 Å². The first-order chi connectivity index (χ1) is 22.5. The van der Waals surface area contributed by atoms with Gasteiger partial charge >= 0.3 is 0 Å². The molecule has 2 aromatic carbocycles. The van der Waals surface area contributed by atoms with Gasteiger partial charge in [-0.15, -0.1) is 11.3 Å². The Balaban J connectivity index is 1.38. The minimum Gasteiger partial charge on any atom is -0.497 e. The van der Waals surface area contributed by atoms with Crippen molar-refractivity contribution in [1.29, 1.82) is 0 Å². The predicted octanol–water partition coefficient (Wildman–Crippen LogP) is 5.08. The number of ether oxygens (including phenoxy) is 4. The molecule has 14 heteroatoms. The Hall–Kier alpha value is -4.88. The number of aromatic nitrogens is 1. The van der Waals surface area contributed by atoms with Crippen LogP contribution in [0.15, 0.2) is 40.1 Å². The minimum atomic E-state index is -2.00. The van der Waals surface area contributed by atoms with E-state index < -0.39 is 34.9 Å². The molecule has 0 saturated heterocycles. The third-order valence-electron chi connectivity index (χ3n) is 8.25. The van der Waals surface area contributed by atoms with Crippen LogP contribution in [0, 0.1) is 12.8 Å². The third kappa shape index (κ3) is 5.38. The summed E-state index contributed by atoms with van der Waals surface area (Å²) in [5, 5.41) is 7.47. The van der Waals surface area contributed by atoms with Gasteiger partial charge in [0.1, 0.15) is 39.4 Å². The van der Waals surface area contributed by atoms with Gasteiger partial charge in [0.05, 0.1) is 45.6 Å². The molecule has 1 aliphatic heterocycles. The summed E-state index contributed by atoms with van der Waals surface area (Å²) in [6.45, 7) is 3.19. The minimum absolute atomic E-state index is 0.0175. The zero-order valence-electron chi connectivity index (χ0n) is 26.1. The highest BCUT2D eigenvalue weighted by Gasteiger charge is 2.63. The highest BCUT2D eigenvalue weighted by Crippen LogP contribution is 2.54. The van der Waals surface area contributed by atoms with E-state index in [1.54, 1.807) is 43.5 Å². The summed E-state index contributed by atoms with van der Waals surface area (Å²) in [6.07, 6.45) is -0.197. The maximum absolute atomic E-state index is 14.7. The molecule has 2 aliphatic rings. The highest BCUT2D eigenvalue weighted by molar-refractivity contribution is 7.13. The van der Waals surface area contributed by atoms with E-state index >= 15 is 0 Å². The van der Waals surface area contributed by atoms with Gasteiger partial charge < -0.3 is 34.0 Å². The molecule has 47 heavy (non-hydrogen) atoms. The van der Waals surface area contributed by atoms with Crippen LogP contribution in [-0.4, -0.2) is 61.8 Å². The summed E-state index contributed by atoms with van der Waals surface area (Å²) in [5.74, 6) is -1.49. The normalized spacial score (nSPS) is 18.0. The van der Waals surface area contributed by atoms with Crippen molar-refractivity contribution in [3.8, 4) is 34.3 Å². The van der Waals surface area contributed by atoms with Gasteiger partial charge in [0.15, 0.2) is 10.9 Å². The molecule has 2 amide bonds. The number of hydrogen-bond donors (Lipinski definition) is 2. The Morgan fingerprint density at radius 3 is 2.38 bits per heavy atom. The van der Waals surface area contributed by atoms with Gasteiger partial charge in [-0.2, -0.15) is 0 Å². The van der Waals surface area contributed by atoms with Gasteiger partial charge in [0.25, 0.3) is 0 Å². The van der Waals surface area contributed by atoms with Gasteiger partial charge in [-0.3, -0.25) is 19.2 Å². The first-order valence-corrected chi connectivity index (χ1v) is 15.8. The van der Waals surface area contributed by atoms with Crippen LogP contribution in [0.3, 0.4) is 0 Å². The number of furan rings is 1. The fourth-order valence-corrected chi connectivity index (χ4v) is 6.92. The number of nitrogens with zero attached hydrogens (tertiary/aromatic N) is 1. The fourth-order valence-electron chi connectivity index (χ4n) is 5.95. The Morgan fingerprint density at radius 1 is 1.04 bits per heavy atom. The quantitative estimate of drug-likeness (QED) is 0.229. The molecule has 244 valence electrons. The number of aryl methyl sites for hydroxylation is 1. The van der Waals surface area contributed by atoms with Crippen molar-refractivity contribution in [2.45, 2.75) is 32.3 Å². The smallest absolute Gasteiger partial charge is 0.245 e. The molecule has 0 bridgehead atoms. The lowest BCUT2D eigenvalue weighted by molar-refractivity contribution is -0.123. The molecule has 1 spiro atoms. The van der Waals surface area contributed by atoms with E-state index in [0.717, 1.165) is 5.69 Å². The molecule has 2 unspecified atom stereocenters. The summed E-state index contributed by atoms with van der Waals surface area (Å²) in [5.41, 5.74) is -0.328. The van der Waals surface area contributed by atoms with E-state index in [1.165, 1.54) is 38.7 Å². The fraction of sp³-hybridized carbons (Fsp3) is 0.303. The van der Waals surface area contributed by atoms with Crippen LogP contribution in [0.1, 0.15) is 44.7 Å². The number of hydrogen-bond acceptors (Lipinski definition) is 11. The number of halogens is 1. The van der Waals surface area contributed by atoms with Crippen molar-refractivity contribution in [1.82, 2.24) is 10.3 Å². The SMILES string of the molecule is COc1ccc(-c2oc3c(c2CC(=O)NCC(=O)Nc2nc(C)cs2)C(=O)C2(Oc4c(Cl)c(OC)cc(OC)c4C2=O)C(C)C3)cc1. The summed E-state index contributed by atoms with van der Waals surface area (Å²) in [4.78, 5) is 59.0. The first kappa shape index (κ1) is 32.1. The van der Waals surface area contributed by atoms with Crippen LogP contribution >= 0.6 is 22.9 Å². The second-order valence-electron chi connectivity index (χ2n) is 11.1. The van der Waals surface area contributed by atoms with Gasteiger partial charge in [-0.05, 0) is 31.2 Å². The molecule has 3 heterocycles. The van der Waals surface area contributed by atoms with Gasteiger partial charge in [0.2, 0.25) is 29.0 Å². The van der Waals surface area contributed by atoms with Crippen molar-refractivity contribution in [3.63, 3.8) is 0 Å². The molecule has 2 N–H and O–H groups in total. The molecule has 2 aromatic heterocycles. The number of benzene rings is 2. The Kier molecular flexibility index (Phi) is 8.45. The molecule has 1 aliphatic carbocycles. The maximum atomic E-state index is 14.7. The van der Waals surface area contributed by atoms with E-state index in [9.17, 15) is 19.2 Å². The molecule has 0 radical (unpaired) electrons. The average molecular weight is 680 g/mol. The molecule has 6 rings (SSSR count). The lowest BCUT2D eigenvalue weighted by Crippen LogP contribution is -2.56. The monoisotopic (exact) mass is 679 g/mol. The van der Waals surface area contributed by atoms with Gasteiger partial charge in [0, 0.05) is 34.9 Å². The molecule has 0 fully saturated rings. The Labute approximate surface area is 278 Å². The van der Waals surface area contributed by atoms with Crippen molar-refractivity contribution in [2.75, 3.05) is 33.2 Å². The number of carbonyl (C=O) groups excluding carboxylic acids is 4. The molecule has 4 aromatic rings. The standard InChI is InChI=1S/C33H30ClN3O9S/c1-15-10-21-25(30(40)33(15)31(41)26-20(43-4)12-22(44-5)27(34)29(26)46-33)19(28(45-21)17-6-8-18(42-3)9-7-17)11-23(38)35-13-24(39)37-32-36-16(2)14-47-32/h6-9,12,14-15H,10-11,13H2,1-5H3,(H,35,38)(H,36,37,39). The third-order valence-corrected chi connectivity index (χ3v) is 9.48. The molecule has 2 atom stereocenters. The van der Waals surface area contributed by atoms with Crippen molar-refractivity contribution >= 4 is 51.5 Å². The highest BCUT2D eigenvalue weighted by atomic mass is 35.5. The van der Waals surface area contributed by atoms with Crippen LogP contribution in [-0.2, 0) is 22.4 Å². The number of nitrogens with one attached hydrogen (secondary N) is 2. The van der Waals surface area contributed by atoms with Crippen molar-refractivity contribution < 1.29 is 42.5 Å². The lowest BCUT2D eigenvalue weighted by Gasteiger charge is -2.35. The van der Waals surface area contributed by atoms with E-state index in [-0.39, 0.29) is 64.1 Å². The topological polar surface area (TPSA) is 155 Å². The van der Waals surface area contributed by atoms with Crippen LogP contribution in [0.4, 0.5) is 5.13 Å². The summed E-state index contributed by atoms with van der Waals surface area (Å²) in [6, 6.07) is 8.38. The zero-order chi connectivity index (χ0) is 33.6. The molecular weight excluding hydrogens is 650 g/mol. The number of carbonyl (C=O) groups is 4. The molecule has 12 nitrogen and oxygen atoms in total. The maximum Gasteiger partial charge on any atom is 0.245 e. The summed E-state index contributed by atoms with van der Waals surface area (Å²) < 4.78 is 28.7. The second-order valence-corrected chi connectivity index (χ2v) is 12.4. The Morgan fingerprint density at radius 2 is 1.74 bits per heavy atom. The number of thiazole rings is 1. The van der Waals surface area contributed by atoms with Gasteiger partial charge in [-0.1, -0.05) is 18.5 Å². The summed E-state index contributed by atoms with van der Waals surface area (Å²) >= 11 is 7.85. The Bertz CT molecular complexity index is 1930. The first-order valence-electron chi connectivity index (χ1n) is 14.5. The molecule has 0 saturated carbocycles. The predicted molar refractivity (Wildman–Crippen MR) is 172 cm³/mol. The largest absolute Gasteiger partial charge is 0.497 e. The van der Waals surface area contributed by atoms with Crippen LogP contribution in [0.25, 0.3) is 11.3 Å². The van der Waals surface area contributed by atoms with Crippen LogP contribution < -0.4 is 29.6 Å². The van der Waals surface area contributed by atoms with Crippen molar-refractivity contribution in [2.24, 2.45) is 5.92 Å². The van der Waals surface area contributed by atoms with E-state index in [1.807, 2.05) is 0 Å². The van der Waals surface area contributed by atoms with Crippen molar-refractivity contribution in [3.05, 3.63) is 68.9 Å². The number of Topliss-reactive ketones (excluding diaryl/α,β-unsaturated/α-hetero) is 2.